The van der Waals surface area contributed by atoms with Gasteiger partial charge in [0.25, 0.3) is 0 Å². The van der Waals surface area contributed by atoms with Gasteiger partial charge in [-0.25, -0.2) is 0 Å². The van der Waals surface area contributed by atoms with Crippen molar-refractivity contribution < 1.29 is 9.90 Å². The van der Waals surface area contributed by atoms with Crippen LogP contribution in [0.4, 0.5) is 0 Å². The van der Waals surface area contributed by atoms with Crippen LogP contribution in [0.15, 0.2) is 30.3 Å². The van der Waals surface area contributed by atoms with Gasteiger partial charge in [-0.2, -0.15) is 0 Å². The lowest BCUT2D eigenvalue weighted by atomic mass is 9.86. The van der Waals surface area contributed by atoms with Gasteiger partial charge in [-0.1, -0.05) is 37.3 Å². The summed E-state index contributed by atoms with van der Waals surface area (Å²) in [6.07, 6.45) is 3.94. The van der Waals surface area contributed by atoms with Crippen molar-refractivity contribution in [2.75, 3.05) is 20.2 Å². The number of benzene rings is 1. The van der Waals surface area contributed by atoms with Gasteiger partial charge in [-0.15, -0.1) is 0 Å². The molecule has 1 fully saturated rings. The fraction of sp³-hybridized carbons (Fsp3) is 0.611. The number of likely N-dealkylation sites (N-methyl/N-ethyl adjacent to an activating group) is 1. The molecule has 2 N–H and O–H groups in total. The Labute approximate surface area is 133 Å². The molecule has 1 aliphatic rings. The largest absolute Gasteiger partial charge is 0.396 e. The van der Waals surface area contributed by atoms with Crippen molar-refractivity contribution in [3.05, 3.63) is 35.9 Å². The molecule has 1 aromatic carbocycles. The molecule has 1 saturated carbocycles. The molecule has 1 amide bonds. The second-order valence-corrected chi connectivity index (χ2v) is 6.30. The molecule has 0 heterocycles. The fourth-order valence-electron chi connectivity index (χ4n) is 3.19. The van der Waals surface area contributed by atoms with E-state index in [1.54, 1.807) is 0 Å². The van der Waals surface area contributed by atoms with Crippen molar-refractivity contribution in [1.82, 2.24) is 10.2 Å². The minimum atomic E-state index is -0.234. The molecule has 4 nitrogen and oxygen atoms in total. The van der Waals surface area contributed by atoms with E-state index < -0.39 is 0 Å². The minimum absolute atomic E-state index is 0.0861. The number of rotatable bonds is 6. The zero-order valence-electron chi connectivity index (χ0n) is 13.7. The molecule has 0 spiro atoms. The summed E-state index contributed by atoms with van der Waals surface area (Å²) in [5.74, 6) is 0.499. The van der Waals surface area contributed by atoms with E-state index in [1.165, 1.54) is 0 Å². The first kappa shape index (κ1) is 17.0. The van der Waals surface area contributed by atoms with Gasteiger partial charge in [0.15, 0.2) is 0 Å². The van der Waals surface area contributed by atoms with Gasteiger partial charge in [-0.3, -0.25) is 9.69 Å². The third kappa shape index (κ3) is 4.31. The van der Waals surface area contributed by atoms with E-state index in [4.69, 9.17) is 0 Å². The maximum Gasteiger partial charge on any atom is 0.242 e. The van der Waals surface area contributed by atoms with Crippen LogP contribution in [0, 0.1) is 5.92 Å². The van der Waals surface area contributed by atoms with E-state index >= 15 is 0 Å². The molecule has 22 heavy (non-hydrogen) atoms. The number of hydrogen-bond donors (Lipinski definition) is 2. The Balaban J connectivity index is 2.01. The fourth-order valence-corrected chi connectivity index (χ4v) is 3.19. The maximum atomic E-state index is 12.8. The summed E-state index contributed by atoms with van der Waals surface area (Å²) in [4.78, 5) is 14.8. The highest BCUT2D eigenvalue weighted by atomic mass is 16.3. The van der Waals surface area contributed by atoms with Gasteiger partial charge in [0.05, 0.1) is 0 Å². The summed E-state index contributed by atoms with van der Waals surface area (Å²) in [6.45, 7) is 3.16. The molecule has 4 heteroatoms. The van der Waals surface area contributed by atoms with E-state index in [-0.39, 0.29) is 24.6 Å². The van der Waals surface area contributed by atoms with Crippen molar-refractivity contribution in [2.45, 2.75) is 44.7 Å². The predicted molar refractivity (Wildman–Crippen MR) is 88.5 cm³/mol. The highest BCUT2D eigenvalue weighted by Gasteiger charge is 2.28. The van der Waals surface area contributed by atoms with Crippen molar-refractivity contribution in [3.63, 3.8) is 0 Å². The van der Waals surface area contributed by atoms with Crippen LogP contribution >= 0.6 is 0 Å². The zero-order chi connectivity index (χ0) is 15.9. The number of amides is 1. The van der Waals surface area contributed by atoms with Crippen LogP contribution in [0.1, 0.15) is 44.2 Å². The lowest BCUT2D eigenvalue weighted by molar-refractivity contribution is -0.127. The number of hydrogen-bond acceptors (Lipinski definition) is 3. The van der Waals surface area contributed by atoms with Crippen molar-refractivity contribution >= 4 is 5.91 Å². The zero-order valence-corrected chi connectivity index (χ0v) is 13.7. The molecule has 1 aromatic rings. The number of aliphatic hydroxyl groups excluding tert-OH is 1. The van der Waals surface area contributed by atoms with Crippen LogP contribution in [-0.4, -0.2) is 42.2 Å². The number of nitrogens with one attached hydrogen (secondary N) is 1. The average molecular weight is 304 g/mol. The summed E-state index contributed by atoms with van der Waals surface area (Å²) in [5.41, 5.74) is 1.04. The standard InChI is InChI=1S/C18H28N2O2/c1-3-20(2)17(15-7-5-4-6-8-15)18(22)19-16-11-9-14(13-21)10-12-16/h4-8,14,16-17,21H,3,9-13H2,1-2H3,(H,19,22). The lowest BCUT2D eigenvalue weighted by Gasteiger charge is -2.32. The molecule has 2 rings (SSSR count). The monoisotopic (exact) mass is 304 g/mol. The van der Waals surface area contributed by atoms with E-state index in [0.29, 0.717) is 5.92 Å². The van der Waals surface area contributed by atoms with Crippen LogP contribution < -0.4 is 5.32 Å². The Morgan fingerprint density at radius 2 is 1.91 bits per heavy atom. The third-order valence-corrected chi connectivity index (χ3v) is 4.75. The van der Waals surface area contributed by atoms with E-state index in [1.807, 2.05) is 37.4 Å². The van der Waals surface area contributed by atoms with Gasteiger partial charge >= 0.3 is 0 Å². The molecule has 0 radical (unpaired) electrons. The van der Waals surface area contributed by atoms with Crippen molar-refractivity contribution in [1.29, 1.82) is 0 Å². The van der Waals surface area contributed by atoms with Crippen LogP contribution in [0.3, 0.4) is 0 Å². The summed E-state index contributed by atoms with van der Waals surface area (Å²) in [5, 5.41) is 12.4. The number of aliphatic hydroxyl groups is 1. The van der Waals surface area contributed by atoms with Gasteiger partial charge < -0.3 is 10.4 Å². The number of carbonyl (C=O) groups excluding carboxylic acids is 1. The molecule has 0 saturated heterocycles. The van der Waals surface area contributed by atoms with Gasteiger partial charge in [0.2, 0.25) is 5.91 Å². The van der Waals surface area contributed by atoms with Gasteiger partial charge in [0, 0.05) is 12.6 Å². The Morgan fingerprint density at radius 1 is 1.27 bits per heavy atom. The molecule has 0 aliphatic heterocycles. The maximum absolute atomic E-state index is 12.8. The topological polar surface area (TPSA) is 52.6 Å². The molecular formula is C18H28N2O2. The second kappa shape index (κ2) is 8.30. The van der Waals surface area contributed by atoms with Gasteiger partial charge in [-0.05, 0) is 50.8 Å². The summed E-state index contributed by atoms with van der Waals surface area (Å²) in [7, 11) is 1.99. The Bertz CT molecular complexity index is 455. The minimum Gasteiger partial charge on any atom is -0.396 e. The van der Waals surface area contributed by atoms with Gasteiger partial charge in [0.1, 0.15) is 6.04 Å². The normalized spacial score (nSPS) is 23.3. The highest BCUT2D eigenvalue weighted by molar-refractivity contribution is 5.83. The lowest BCUT2D eigenvalue weighted by Crippen LogP contribution is -2.44. The summed E-state index contributed by atoms with van der Waals surface area (Å²) >= 11 is 0. The Hall–Kier alpha value is -1.39. The average Bonchev–Trinajstić information content (AvgIpc) is 2.56. The van der Waals surface area contributed by atoms with E-state index in [2.05, 4.69) is 17.1 Å². The molecule has 0 aromatic heterocycles. The first-order valence-electron chi connectivity index (χ1n) is 8.32. The molecule has 1 aliphatic carbocycles. The van der Waals surface area contributed by atoms with Crippen LogP contribution in [0.2, 0.25) is 0 Å². The van der Waals surface area contributed by atoms with Crippen LogP contribution in [0.25, 0.3) is 0 Å². The van der Waals surface area contributed by atoms with E-state index in [9.17, 15) is 9.90 Å². The first-order chi connectivity index (χ1) is 10.7. The predicted octanol–water partition coefficient (Wildman–Crippen LogP) is 2.35. The van der Waals surface area contributed by atoms with Crippen molar-refractivity contribution in [2.24, 2.45) is 5.92 Å². The smallest absolute Gasteiger partial charge is 0.242 e. The Morgan fingerprint density at radius 3 is 2.45 bits per heavy atom. The Kier molecular flexibility index (Phi) is 6.40. The van der Waals surface area contributed by atoms with E-state index in [0.717, 1.165) is 37.8 Å². The second-order valence-electron chi connectivity index (χ2n) is 6.30. The van der Waals surface area contributed by atoms with Crippen molar-refractivity contribution in [3.8, 4) is 0 Å². The van der Waals surface area contributed by atoms with Crippen LogP contribution in [0.5, 0.6) is 0 Å². The molecular weight excluding hydrogens is 276 g/mol. The summed E-state index contributed by atoms with van der Waals surface area (Å²) in [6, 6.07) is 9.96. The first-order valence-corrected chi connectivity index (χ1v) is 8.32. The molecule has 1 unspecified atom stereocenters. The quantitative estimate of drug-likeness (QED) is 0.848. The third-order valence-electron chi connectivity index (χ3n) is 4.75. The molecule has 1 atom stereocenters. The van der Waals surface area contributed by atoms with Crippen LogP contribution in [-0.2, 0) is 4.79 Å². The SMILES string of the molecule is CCN(C)C(C(=O)NC1CCC(CO)CC1)c1ccccc1. The molecule has 122 valence electrons. The number of nitrogens with zero attached hydrogens (tertiary/aromatic N) is 1. The highest BCUT2D eigenvalue weighted by Crippen LogP contribution is 2.25. The number of carbonyl (C=O) groups is 1. The summed E-state index contributed by atoms with van der Waals surface area (Å²) < 4.78 is 0. The molecule has 0 bridgehead atoms.